The molecule has 1 heterocycles. The lowest BCUT2D eigenvalue weighted by Crippen LogP contribution is -2.49. The van der Waals surface area contributed by atoms with Gasteiger partial charge in [-0.15, -0.1) is 0 Å². The maximum absolute atomic E-state index is 12.8. The number of nitrogens with one attached hydrogen (secondary N) is 2. The van der Waals surface area contributed by atoms with Crippen LogP contribution in [0.1, 0.15) is 47.6 Å². The maximum atomic E-state index is 12.8. The third-order valence-electron chi connectivity index (χ3n) is 4.77. The van der Waals surface area contributed by atoms with Crippen LogP contribution in [0, 0.1) is 0 Å². The van der Waals surface area contributed by atoms with Gasteiger partial charge in [-0.1, -0.05) is 13.8 Å². The van der Waals surface area contributed by atoms with Crippen LogP contribution in [0.25, 0.3) is 0 Å². The zero-order valence-corrected chi connectivity index (χ0v) is 16.6. The van der Waals surface area contributed by atoms with Crippen LogP contribution in [-0.4, -0.2) is 38.1 Å². The van der Waals surface area contributed by atoms with Gasteiger partial charge < -0.3 is 30.3 Å². The Labute approximate surface area is 164 Å². The molecule has 0 bridgehead atoms. The van der Waals surface area contributed by atoms with E-state index in [-0.39, 0.29) is 22.9 Å². The Balaban J connectivity index is 2.34. The molecule has 0 atom stereocenters. The molecule has 8 heteroatoms. The van der Waals surface area contributed by atoms with E-state index in [1.807, 2.05) is 13.8 Å². The first-order chi connectivity index (χ1) is 13.4. The largest absolute Gasteiger partial charge is 0.493 e. The molecular weight excluding hydrogens is 362 g/mol. The van der Waals surface area contributed by atoms with E-state index in [2.05, 4.69) is 10.6 Å². The van der Waals surface area contributed by atoms with Crippen LogP contribution in [0.5, 0.6) is 11.5 Å². The van der Waals surface area contributed by atoms with E-state index in [0.29, 0.717) is 18.0 Å². The van der Waals surface area contributed by atoms with Crippen molar-refractivity contribution in [1.29, 1.82) is 0 Å². The number of ether oxygens (including phenoxy) is 2. The topological polar surface area (TPSA) is 116 Å². The average molecular weight is 389 g/mol. The van der Waals surface area contributed by atoms with E-state index in [9.17, 15) is 9.59 Å². The maximum Gasteiger partial charge on any atom is 0.291 e. The van der Waals surface area contributed by atoms with Gasteiger partial charge in [0, 0.05) is 18.2 Å². The second-order valence-electron chi connectivity index (χ2n) is 6.44. The fourth-order valence-electron chi connectivity index (χ4n) is 2.61. The van der Waals surface area contributed by atoms with E-state index in [1.165, 1.54) is 38.7 Å². The van der Waals surface area contributed by atoms with Gasteiger partial charge in [0.2, 0.25) is 0 Å². The van der Waals surface area contributed by atoms with Gasteiger partial charge >= 0.3 is 0 Å². The van der Waals surface area contributed by atoms with E-state index in [1.54, 1.807) is 6.07 Å². The highest BCUT2D eigenvalue weighted by Crippen LogP contribution is 2.33. The number of benzene rings is 1. The number of carbonyl (C=O) groups excluding carboxylic acids is 2. The van der Waals surface area contributed by atoms with Crippen molar-refractivity contribution in [2.24, 2.45) is 5.73 Å². The van der Waals surface area contributed by atoms with Gasteiger partial charge in [-0.05, 0) is 31.0 Å². The van der Waals surface area contributed by atoms with Crippen molar-refractivity contribution < 1.29 is 23.5 Å². The van der Waals surface area contributed by atoms with Gasteiger partial charge in [-0.25, -0.2) is 0 Å². The predicted molar refractivity (Wildman–Crippen MR) is 106 cm³/mol. The van der Waals surface area contributed by atoms with Gasteiger partial charge in [0.15, 0.2) is 17.3 Å². The molecule has 4 N–H and O–H groups in total. The molecule has 0 unspecified atom stereocenters. The Kier molecular flexibility index (Phi) is 7.06. The molecule has 0 spiro atoms. The SMILES string of the molecule is CCC(N)(CC)CNC(=O)c1cc(OC)c(OC)cc1NC(=O)c1ccco1. The summed E-state index contributed by atoms with van der Waals surface area (Å²) >= 11 is 0. The second kappa shape index (κ2) is 9.27. The highest BCUT2D eigenvalue weighted by molar-refractivity contribution is 6.08. The van der Waals surface area contributed by atoms with Crippen molar-refractivity contribution in [3.63, 3.8) is 0 Å². The van der Waals surface area contributed by atoms with E-state index >= 15 is 0 Å². The number of amides is 2. The summed E-state index contributed by atoms with van der Waals surface area (Å²) in [6, 6.07) is 6.18. The minimum atomic E-state index is -0.496. The van der Waals surface area contributed by atoms with Crippen LogP contribution >= 0.6 is 0 Å². The third-order valence-corrected chi connectivity index (χ3v) is 4.77. The van der Waals surface area contributed by atoms with Crippen LogP contribution in [0.2, 0.25) is 0 Å². The molecule has 28 heavy (non-hydrogen) atoms. The summed E-state index contributed by atoms with van der Waals surface area (Å²) in [7, 11) is 2.95. The minimum Gasteiger partial charge on any atom is -0.493 e. The molecular formula is C20H27N3O5. The molecule has 1 aromatic heterocycles. The first kappa shape index (κ1) is 21.3. The normalized spacial score (nSPS) is 11.0. The molecule has 8 nitrogen and oxygen atoms in total. The predicted octanol–water partition coefficient (Wildman–Crippen LogP) is 2.80. The fraction of sp³-hybridized carbons (Fsp3) is 0.400. The van der Waals surface area contributed by atoms with Crippen molar-refractivity contribution in [3.05, 3.63) is 41.9 Å². The minimum absolute atomic E-state index is 0.124. The number of carbonyl (C=O) groups is 2. The summed E-state index contributed by atoms with van der Waals surface area (Å²) in [6.45, 7) is 4.25. The van der Waals surface area contributed by atoms with Crippen molar-refractivity contribution in [1.82, 2.24) is 5.32 Å². The number of rotatable bonds is 9. The molecule has 152 valence electrons. The Morgan fingerprint density at radius 3 is 2.29 bits per heavy atom. The van der Waals surface area contributed by atoms with Crippen LogP contribution in [0.3, 0.4) is 0 Å². The molecule has 0 aliphatic rings. The van der Waals surface area contributed by atoms with Crippen molar-refractivity contribution in [3.8, 4) is 11.5 Å². The van der Waals surface area contributed by atoms with E-state index in [0.717, 1.165) is 12.8 Å². The monoisotopic (exact) mass is 389 g/mol. The van der Waals surface area contributed by atoms with Gasteiger partial charge in [0.05, 0.1) is 31.7 Å². The molecule has 2 aromatic rings. The molecule has 0 aliphatic heterocycles. The standard InChI is InChI=1S/C20H27N3O5/c1-5-20(21,6-2)12-22-18(24)13-10-16(26-3)17(27-4)11-14(13)23-19(25)15-8-7-9-28-15/h7-11H,5-6,12,21H2,1-4H3,(H,22,24)(H,23,25). The summed E-state index contributed by atoms with van der Waals surface area (Å²) in [5.74, 6) is 0.00536. The molecule has 2 amide bonds. The summed E-state index contributed by atoms with van der Waals surface area (Å²) in [4.78, 5) is 25.2. The Morgan fingerprint density at radius 1 is 1.11 bits per heavy atom. The zero-order chi connectivity index (χ0) is 20.7. The Hall–Kier alpha value is -3.00. The summed E-state index contributed by atoms with van der Waals surface area (Å²) < 4.78 is 15.7. The van der Waals surface area contributed by atoms with Crippen LogP contribution < -0.4 is 25.8 Å². The molecule has 0 radical (unpaired) electrons. The van der Waals surface area contributed by atoms with E-state index < -0.39 is 11.4 Å². The van der Waals surface area contributed by atoms with Gasteiger partial charge in [-0.3, -0.25) is 9.59 Å². The molecule has 0 saturated carbocycles. The second-order valence-corrected chi connectivity index (χ2v) is 6.44. The number of nitrogens with two attached hydrogens (primary N) is 1. The summed E-state index contributed by atoms with van der Waals surface area (Å²) in [5.41, 5.74) is 6.27. The van der Waals surface area contributed by atoms with E-state index in [4.69, 9.17) is 19.6 Å². The highest BCUT2D eigenvalue weighted by Gasteiger charge is 2.24. The summed E-state index contributed by atoms with van der Waals surface area (Å²) in [5, 5.41) is 5.53. The smallest absolute Gasteiger partial charge is 0.291 e. The van der Waals surface area contributed by atoms with Crippen LogP contribution in [0.15, 0.2) is 34.9 Å². The quantitative estimate of drug-likeness (QED) is 0.607. The molecule has 0 fully saturated rings. The lowest BCUT2D eigenvalue weighted by atomic mass is 9.94. The average Bonchev–Trinajstić information content (AvgIpc) is 3.26. The van der Waals surface area contributed by atoms with Gasteiger partial charge in [-0.2, -0.15) is 0 Å². The van der Waals surface area contributed by atoms with Crippen LogP contribution in [0.4, 0.5) is 5.69 Å². The van der Waals surface area contributed by atoms with Gasteiger partial charge in [0.25, 0.3) is 11.8 Å². The van der Waals surface area contributed by atoms with Crippen molar-refractivity contribution in [2.45, 2.75) is 32.2 Å². The first-order valence-electron chi connectivity index (χ1n) is 9.05. The zero-order valence-electron chi connectivity index (χ0n) is 16.6. The van der Waals surface area contributed by atoms with Gasteiger partial charge in [0.1, 0.15) is 0 Å². The Morgan fingerprint density at radius 2 is 1.75 bits per heavy atom. The number of hydrogen-bond acceptors (Lipinski definition) is 6. The van der Waals surface area contributed by atoms with Crippen LogP contribution in [-0.2, 0) is 0 Å². The number of methoxy groups -OCH3 is 2. The molecule has 2 rings (SSSR count). The number of anilines is 1. The summed E-state index contributed by atoms with van der Waals surface area (Å²) in [6.07, 6.45) is 2.84. The fourth-order valence-corrected chi connectivity index (χ4v) is 2.61. The molecule has 0 saturated heterocycles. The van der Waals surface area contributed by atoms with Crippen molar-refractivity contribution in [2.75, 3.05) is 26.1 Å². The lowest BCUT2D eigenvalue weighted by Gasteiger charge is -2.27. The van der Waals surface area contributed by atoms with Crippen molar-refractivity contribution >= 4 is 17.5 Å². The number of furan rings is 1. The third kappa shape index (κ3) is 4.83. The molecule has 1 aromatic carbocycles. The highest BCUT2D eigenvalue weighted by atomic mass is 16.5. The number of hydrogen-bond donors (Lipinski definition) is 3. The first-order valence-corrected chi connectivity index (χ1v) is 9.05. The Bertz CT molecular complexity index is 813. The molecule has 0 aliphatic carbocycles. The lowest BCUT2D eigenvalue weighted by molar-refractivity contribution is 0.0942.